The Morgan fingerprint density at radius 2 is 1.82 bits per heavy atom. The third-order valence-corrected chi connectivity index (χ3v) is 2.55. The topological polar surface area (TPSA) is 70.7 Å². The van der Waals surface area contributed by atoms with Crippen LogP contribution in [0.2, 0.25) is 0 Å². The van der Waals surface area contributed by atoms with Crippen LogP contribution in [0.5, 0.6) is 11.6 Å². The van der Waals surface area contributed by atoms with E-state index in [1.165, 1.54) is 0 Å². The van der Waals surface area contributed by atoms with Crippen molar-refractivity contribution in [2.45, 2.75) is 0 Å². The maximum Gasteiger partial charge on any atom is 0.224 e. The van der Waals surface area contributed by atoms with Crippen molar-refractivity contribution in [2.75, 3.05) is 0 Å². The molecule has 0 amide bonds. The van der Waals surface area contributed by atoms with Crippen LogP contribution in [0.4, 0.5) is 0 Å². The molecule has 3 rings (SSSR count). The van der Waals surface area contributed by atoms with E-state index in [9.17, 15) is 10.2 Å². The van der Waals surface area contributed by atoms with Gasteiger partial charge in [0.2, 0.25) is 5.88 Å². The second-order valence-corrected chi connectivity index (χ2v) is 3.64. The Morgan fingerprint density at radius 3 is 2.53 bits per heavy atom. The van der Waals surface area contributed by atoms with E-state index >= 15 is 0 Å². The third kappa shape index (κ3) is 1.48. The quantitative estimate of drug-likeness (QED) is 0.665. The minimum Gasteiger partial charge on any atom is -0.508 e. The summed E-state index contributed by atoms with van der Waals surface area (Å²) < 4.78 is 1.55. The first-order chi connectivity index (χ1) is 8.25. The van der Waals surface area contributed by atoms with Crippen molar-refractivity contribution in [2.24, 2.45) is 0 Å². The van der Waals surface area contributed by atoms with Crippen molar-refractivity contribution in [3.8, 4) is 22.9 Å². The SMILES string of the molecule is Oc1ccc(-c2nc3cnccn3c2O)cc1. The van der Waals surface area contributed by atoms with Gasteiger partial charge in [-0.15, -0.1) is 0 Å². The van der Waals surface area contributed by atoms with Crippen LogP contribution < -0.4 is 0 Å². The highest BCUT2D eigenvalue weighted by Gasteiger charge is 2.12. The lowest BCUT2D eigenvalue weighted by Gasteiger charge is -1.98. The van der Waals surface area contributed by atoms with E-state index in [0.717, 1.165) is 5.56 Å². The van der Waals surface area contributed by atoms with Gasteiger partial charge in [-0.25, -0.2) is 4.98 Å². The molecule has 0 unspecified atom stereocenters. The summed E-state index contributed by atoms with van der Waals surface area (Å²) >= 11 is 0. The number of imidazole rings is 1. The molecule has 1 aromatic carbocycles. The van der Waals surface area contributed by atoms with Crippen molar-refractivity contribution < 1.29 is 10.2 Å². The number of aromatic hydroxyl groups is 2. The number of aromatic nitrogens is 3. The number of hydrogen-bond donors (Lipinski definition) is 2. The fraction of sp³-hybridized carbons (Fsp3) is 0. The molecule has 0 aliphatic carbocycles. The molecule has 0 bridgehead atoms. The first-order valence-corrected chi connectivity index (χ1v) is 5.06. The van der Waals surface area contributed by atoms with E-state index in [0.29, 0.717) is 11.3 Å². The normalized spacial score (nSPS) is 10.8. The monoisotopic (exact) mass is 227 g/mol. The van der Waals surface area contributed by atoms with Gasteiger partial charge in [-0.3, -0.25) is 9.38 Å². The first kappa shape index (κ1) is 9.65. The summed E-state index contributed by atoms with van der Waals surface area (Å²) in [6, 6.07) is 6.50. The lowest BCUT2D eigenvalue weighted by atomic mass is 10.1. The van der Waals surface area contributed by atoms with Crippen LogP contribution in [0.1, 0.15) is 0 Å². The molecule has 0 radical (unpaired) electrons. The number of phenols is 1. The lowest BCUT2D eigenvalue weighted by Crippen LogP contribution is -1.83. The Balaban J connectivity index is 2.24. The molecular weight excluding hydrogens is 218 g/mol. The highest BCUT2D eigenvalue weighted by Crippen LogP contribution is 2.29. The van der Waals surface area contributed by atoms with Crippen LogP contribution in [-0.4, -0.2) is 24.6 Å². The summed E-state index contributed by atoms with van der Waals surface area (Å²) in [4.78, 5) is 8.22. The molecule has 84 valence electrons. The van der Waals surface area contributed by atoms with E-state index in [2.05, 4.69) is 9.97 Å². The average molecular weight is 227 g/mol. The maximum absolute atomic E-state index is 10.0. The molecule has 2 N–H and O–H groups in total. The van der Waals surface area contributed by atoms with Crippen molar-refractivity contribution in [3.63, 3.8) is 0 Å². The van der Waals surface area contributed by atoms with Crippen molar-refractivity contribution in [1.82, 2.24) is 14.4 Å². The van der Waals surface area contributed by atoms with Crippen LogP contribution >= 0.6 is 0 Å². The number of phenolic OH excluding ortho intramolecular Hbond substituents is 1. The lowest BCUT2D eigenvalue weighted by molar-refractivity contribution is 0.450. The smallest absolute Gasteiger partial charge is 0.224 e. The van der Waals surface area contributed by atoms with Gasteiger partial charge in [-0.1, -0.05) is 0 Å². The highest BCUT2D eigenvalue weighted by molar-refractivity contribution is 5.69. The van der Waals surface area contributed by atoms with Crippen molar-refractivity contribution in [3.05, 3.63) is 42.9 Å². The summed E-state index contributed by atoms with van der Waals surface area (Å²) in [5.74, 6) is 0.242. The molecule has 0 aliphatic rings. The number of benzene rings is 1. The number of rotatable bonds is 1. The Labute approximate surface area is 96.6 Å². The van der Waals surface area contributed by atoms with Gasteiger partial charge in [-0.2, -0.15) is 0 Å². The first-order valence-electron chi connectivity index (χ1n) is 5.06. The van der Waals surface area contributed by atoms with E-state index in [1.54, 1.807) is 47.3 Å². The molecule has 2 aromatic heterocycles. The van der Waals surface area contributed by atoms with E-state index in [4.69, 9.17) is 0 Å². The molecule has 5 nitrogen and oxygen atoms in total. The standard InChI is InChI=1S/C12H9N3O2/c16-9-3-1-8(2-4-9)11-12(17)15-6-5-13-7-10(15)14-11/h1-7,16-17H. The molecule has 3 aromatic rings. The zero-order chi connectivity index (χ0) is 11.8. The van der Waals surface area contributed by atoms with Gasteiger partial charge in [-0.05, 0) is 24.3 Å². The maximum atomic E-state index is 10.0. The van der Waals surface area contributed by atoms with E-state index in [1.807, 2.05) is 0 Å². The minimum atomic E-state index is 0.0630. The second kappa shape index (κ2) is 3.48. The molecule has 0 aliphatic heterocycles. The third-order valence-electron chi connectivity index (χ3n) is 2.55. The summed E-state index contributed by atoms with van der Waals surface area (Å²) in [7, 11) is 0. The molecular formula is C12H9N3O2. The zero-order valence-electron chi connectivity index (χ0n) is 8.78. The molecule has 0 saturated heterocycles. The van der Waals surface area contributed by atoms with Crippen LogP contribution in [0.15, 0.2) is 42.9 Å². The largest absolute Gasteiger partial charge is 0.508 e. The van der Waals surface area contributed by atoms with Gasteiger partial charge in [0.25, 0.3) is 0 Å². The van der Waals surface area contributed by atoms with Crippen LogP contribution in [-0.2, 0) is 0 Å². The minimum absolute atomic E-state index is 0.0630. The predicted octanol–water partition coefficient (Wildman–Crippen LogP) is 1.81. The predicted molar refractivity (Wildman–Crippen MR) is 61.8 cm³/mol. The number of nitrogens with zero attached hydrogens (tertiary/aromatic N) is 3. The molecule has 0 saturated carbocycles. The van der Waals surface area contributed by atoms with Crippen LogP contribution in [0.25, 0.3) is 16.9 Å². The molecule has 0 fully saturated rings. The number of hydrogen-bond acceptors (Lipinski definition) is 4. The Bertz CT molecular complexity index is 674. The van der Waals surface area contributed by atoms with Gasteiger partial charge in [0.05, 0.1) is 6.20 Å². The van der Waals surface area contributed by atoms with E-state index < -0.39 is 0 Å². The zero-order valence-corrected chi connectivity index (χ0v) is 8.78. The Morgan fingerprint density at radius 1 is 1.06 bits per heavy atom. The van der Waals surface area contributed by atoms with Gasteiger partial charge in [0.15, 0.2) is 5.65 Å². The summed E-state index contributed by atoms with van der Waals surface area (Å²) in [6.07, 6.45) is 4.79. The molecule has 0 spiro atoms. The average Bonchev–Trinajstić information content (AvgIpc) is 2.69. The summed E-state index contributed by atoms with van der Waals surface area (Å²) in [5.41, 5.74) is 1.79. The summed E-state index contributed by atoms with van der Waals surface area (Å²) in [5, 5.41) is 19.2. The fourth-order valence-corrected chi connectivity index (χ4v) is 1.71. The molecule has 2 heterocycles. The van der Waals surface area contributed by atoms with Crippen LogP contribution in [0.3, 0.4) is 0 Å². The van der Waals surface area contributed by atoms with Gasteiger partial charge in [0, 0.05) is 18.0 Å². The summed E-state index contributed by atoms with van der Waals surface area (Å²) in [6.45, 7) is 0. The molecule has 17 heavy (non-hydrogen) atoms. The second-order valence-electron chi connectivity index (χ2n) is 3.64. The Hall–Kier alpha value is -2.56. The Kier molecular flexibility index (Phi) is 1.98. The number of fused-ring (bicyclic) bond motifs is 1. The van der Waals surface area contributed by atoms with Gasteiger partial charge < -0.3 is 10.2 Å². The van der Waals surface area contributed by atoms with E-state index in [-0.39, 0.29) is 11.6 Å². The van der Waals surface area contributed by atoms with Gasteiger partial charge in [0.1, 0.15) is 11.4 Å². The van der Waals surface area contributed by atoms with Gasteiger partial charge >= 0.3 is 0 Å². The highest BCUT2D eigenvalue weighted by atomic mass is 16.3. The van der Waals surface area contributed by atoms with Crippen molar-refractivity contribution >= 4 is 5.65 Å². The van der Waals surface area contributed by atoms with Crippen molar-refractivity contribution in [1.29, 1.82) is 0 Å². The fourth-order valence-electron chi connectivity index (χ4n) is 1.71. The van der Waals surface area contributed by atoms with Crippen LogP contribution in [0, 0.1) is 0 Å². The molecule has 0 atom stereocenters. The molecule has 5 heteroatoms.